The number of aliphatic imine (C=N–C) groups is 2. The highest BCUT2D eigenvalue weighted by atomic mass is 35.5. The second-order valence-electron chi connectivity index (χ2n) is 9.20. The number of halogens is 1. The Labute approximate surface area is 193 Å². The van der Waals surface area contributed by atoms with Crippen LogP contribution in [0.3, 0.4) is 0 Å². The summed E-state index contributed by atoms with van der Waals surface area (Å²) in [6.07, 6.45) is 8.69. The number of amidine groups is 1. The van der Waals surface area contributed by atoms with Gasteiger partial charge in [0.05, 0.1) is 29.4 Å². The van der Waals surface area contributed by atoms with Crippen molar-refractivity contribution < 1.29 is 4.79 Å². The van der Waals surface area contributed by atoms with E-state index in [0.29, 0.717) is 28.6 Å². The van der Waals surface area contributed by atoms with E-state index in [1.54, 1.807) is 18.3 Å². The van der Waals surface area contributed by atoms with Crippen LogP contribution in [-0.4, -0.2) is 41.1 Å². The number of dihydropyridines is 1. The molecule has 1 unspecified atom stereocenters. The van der Waals surface area contributed by atoms with Crippen LogP contribution in [0.1, 0.15) is 39.0 Å². The van der Waals surface area contributed by atoms with Gasteiger partial charge in [-0.25, -0.2) is 9.98 Å². The first kappa shape index (κ1) is 21.2. The van der Waals surface area contributed by atoms with Crippen LogP contribution in [0.25, 0.3) is 0 Å². The highest BCUT2D eigenvalue weighted by molar-refractivity contribution is 6.30. The first-order valence-electron chi connectivity index (χ1n) is 11.4. The molecule has 1 amide bonds. The number of hydrazine groups is 1. The number of benzene rings is 1. The van der Waals surface area contributed by atoms with Crippen molar-refractivity contribution in [3.05, 3.63) is 41.1 Å². The third-order valence-electron chi connectivity index (χ3n) is 6.99. The van der Waals surface area contributed by atoms with E-state index >= 15 is 0 Å². The number of allylic oxidation sites excluding steroid dienone is 1. The highest BCUT2D eigenvalue weighted by Gasteiger charge is 2.46. The number of carbonyl (C=O) groups excluding carboxylic acids is 1. The monoisotopic (exact) mass is 450 g/mol. The molecule has 2 aliphatic heterocycles. The molecule has 3 fully saturated rings. The van der Waals surface area contributed by atoms with Crippen LogP contribution in [0, 0.1) is 29.1 Å². The van der Waals surface area contributed by atoms with Gasteiger partial charge in [0.25, 0.3) is 5.91 Å². The second kappa shape index (κ2) is 8.68. The fourth-order valence-electron chi connectivity index (χ4n) is 5.09. The van der Waals surface area contributed by atoms with Gasteiger partial charge < -0.3 is 5.32 Å². The topological polar surface area (TPSA) is 92.9 Å². The molecule has 166 valence electrons. The van der Waals surface area contributed by atoms with Gasteiger partial charge in [-0.3, -0.25) is 15.2 Å². The quantitative estimate of drug-likeness (QED) is 0.712. The van der Waals surface area contributed by atoms with E-state index in [1.807, 2.05) is 23.2 Å². The smallest absolute Gasteiger partial charge is 0.262 e. The maximum absolute atomic E-state index is 12.7. The van der Waals surface area contributed by atoms with Crippen molar-refractivity contribution in [2.75, 3.05) is 0 Å². The molecule has 32 heavy (non-hydrogen) atoms. The van der Waals surface area contributed by atoms with Gasteiger partial charge in [-0.05, 0) is 75.3 Å². The molecule has 0 radical (unpaired) electrons. The molecule has 1 aromatic carbocycles. The fourth-order valence-corrected chi connectivity index (χ4v) is 5.22. The summed E-state index contributed by atoms with van der Waals surface area (Å²) < 4.78 is 0. The molecule has 0 spiro atoms. The molecule has 7 nitrogen and oxygen atoms in total. The van der Waals surface area contributed by atoms with Crippen molar-refractivity contribution in [3.8, 4) is 6.07 Å². The van der Waals surface area contributed by atoms with Gasteiger partial charge in [0, 0.05) is 23.3 Å². The van der Waals surface area contributed by atoms with E-state index in [9.17, 15) is 10.1 Å². The Morgan fingerprint density at radius 2 is 2.06 bits per heavy atom. The third kappa shape index (κ3) is 4.17. The molecule has 2 N–H and O–H groups in total. The van der Waals surface area contributed by atoms with Crippen molar-refractivity contribution in [2.45, 2.75) is 57.2 Å². The Bertz CT molecular complexity index is 1020. The number of amides is 1. The normalized spacial score (nSPS) is 31.7. The molecular formula is C24H27ClN6O. The average molecular weight is 451 g/mol. The van der Waals surface area contributed by atoms with E-state index in [0.717, 1.165) is 30.9 Å². The van der Waals surface area contributed by atoms with Crippen LogP contribution < -0.4 is 10.7 Å². The Hall–Kier alpha value is -2.69. The molecule has 2 aliphatic carbocycles. The Kier molecular flexibility index (Phi) is 5.75. The molecule has 2 saturated carbocycles. The van der Waals surface area contributed by atoms with Crippen LogP contribution in [0.5, 0.6) is 0 Å². The number of nitrogens with one attached hydrogen (secondary N) is 2. The van der Waals surface area contributed by atoms with E-state index in [-0.39, 0.29) is 17.9 Å². The average Bonchev–Trinajstić information content (AvgIpc) is 3.58. The minimum Gasteiger partial charge on any atom is -0.311 e. The minimum atomic E-state index is -0.569. The van der Waals surface area contributed by atoms with Crippen LogP contribution in [0.4, 0.5) is 5.69 Å². The molecule has 5 atom stereocenters. The number of carbonyl (C=O) groups is 1. The predicted molar refractivity (Wildman–Crippen MR) is 124 cm³/mol. The SMILES string of the molecule is C[C@H](N[C@@H]1CC[C@H](N2NC(=Nc3ccc(Cl)cc3)C3C(=O)N=CC=C32)[C@@H](C#N)C1)C1CC1. The van der Waals surface area contributed by atoms with Crippen molar-refractivity contribution >= 4 is 35.2 Å². The largest absolute Gasteiger partial charge is 0.311 e. The molecule has 4 aliphatic rings. The first-order valence-corrected chi connectivity index (χ1v) is 11.7. The maximum atomic E-state index is 12.7. The van der Waals surface area contributed by atoms with Crippen LogP contribution >= 0.6 is 11.6 Å². The van der Waals surface area contributed by atoms with Crippen LogP contribution in [-0.2, 0) is 4.79 Å². The lowest BCUT2D eigenvalue weighted by molar-refractivity contribution is -0.119. The molecule has 0 aromatic heterocycles. The van der Waals surface area contributed by atoms with Gasteiger partial charge in [-0.1, -0.05) is 11.6 Å². The predicted octanol–water partition coefficient (Wildman–Crippen LogP) is 3.75. The Morgan fingerprint density at radius 3 is 2.78 bits per heavy atom. The zero-order valence-electron chi connectivity index (χ0n) is 18.0. The van der Waals surface area contributed by atoms with E-state index < -0.39 is 5.92 Å². The first-order chi connectivity index (χ1) is 15.5. The van der Waals surface area contributed by atoms with Crippen LogP contribution in [0.2, 0.25) is 5.02 Å². The lowest BCUT2D eigenvalue weighted by Crippen LogP contribution is -2.51. The van der Waals surface area contributed by atoms with E-state index in [4.69, 9.17) is 11.6 Å². The van der Waals surface area contributed by atoms with Gasteiger partial charge in [-0.15, -0.1) is 0 Å². The number of hydrogen-bond donors (Lipinski definition) is 2. The van der Waals surface area contributed by atoms with Crippen molar-refractivity contribution in [1.29, 1.82) is 5.26 Å². The summed E-state index contributed by atoms with van der Waals surface area (Å²) in [6.45, 7) is 2.26. The van der Waals surface area contributed by atoms with Crippen molar-refractivity contribution in [2.24, 2.45) is 27.7 Å². The molecule has 8 heteroatoms. The van der Waals surface area contributed by atoms with Crippen molar-refractivity contribution in [1.82, 2.24) is 15.8 Å². The zero-order chi connectivity index (χ0) is 22.2. The summed E-state index contributed by atoms with van der Waals surface area (Å²) in [5, 5.41) is 16.4. The standard InChI is InChI=1S/C24H27ClN6O/c1-14(15-2-3-15)28-19-8-9-20(16(12-19)13-26)31-21-10-11-27-24(32)22(21)23(30-31)29-18-6-4-17(25)5-7-18/h4-7,10-11,14-16,19-20,22,28H,2-3,8-9,12H2,1H3,(H,29,30)/t14-,16+,19+,20-,22?/m0/s1. The van der Waals surface area contributed by atoms with E-state index in [2.05, 4.69) is 33.7 Å². The van der Waals surface area contributed by atoms with Gasteiger partial charge in [-0.2, -0.15) is 5.26 Å². The summed E-state index contributed by atoms with van der Waals surface area (Å²) in [5.41, 5.74) is 4.88. The van der Waals surface area contributed by atoms with Gasteiger partial charge in [0.2, 0.25) is 0 Å². The lowest BCUT2D eigenvalue weighted by Gasteiger charge is -2.40. The highest BCUT2D eigenvalue weighted by Crippen LogP contribution is 2.38. The summed E-state index contributed by atoms with van der Waals surface area (Å²) in [7, 11) is 0. The summed E-state index contributed by atoms with van der Waals surface area (Å²) in [5.74, 6) is 0.372. The number of nitrogens with zero attached hydrogens (tertiary/aromatic N) is 4. The fraction of sp³-hybridized carbons (Fsp3) is 0.500. The molecule has 0 bridgehead atoms. The lowest BCUT2D eigenvalue weighted by atomic mass is 9.81. The molecule has 1 aromatic rings. The molecule has 2 heterocycles. The van der Waals surface area contributed by atoms with Gasteiger partial charge in [0.15, 0.2) is 0 Å². The maximum Gasteiger partial charge on any atom is 0.262 e. The number of nitriles is 1. The van der Waals surface area contributed by atoms with E-state index in [1.165, 1.54) is 12.8 Å². The number of fused-ring (bicyclic) bond motifs is 1. The third-order valence-corrected chi connectivity index (χ3v) is 7.24. The Morgan fingerprint density at radius 1 is 1.28 bits per heavy atom. The zero-order valence-corrected chi connectivity index (χ0v) is 18.8. The minimum absolute atomic E-state index is 0.0275. The molecular weight excluding hydrogens is 424 g/mol. The van der Waals surface area contributed by atoms with Crippen molar-refractivity contribution in [3.63, 3.8) is 0 Å². The molecule has 5 rings (SSSR count). The second-order valence-corrected chi connectivity index (χ2v) is 9.64. The summed E-state index contributed by atoms with van der Waals surface area (Å²) in [6, 6.07) is 10.5. The number of hydrogen-bond acceptors (Lipinski definition) is 5. The van der Waals surface area contributed by atoms with Gasteiger partial charge in [0.1, 0.15) is 11.8 Å². The molecule has 1 saturated heterocycles. The van der Waals surface area contributed by atoms with Gasteiger partial charge >= 0.3 is 0 Å². The Balaban J connectivity index is 1.37. The summed E-state index contributed by atoms with van der Waals surface area (Å²) in [4.78, 5) is 21.3. The summed E-state index contributed by atoms with van der Waals surface area (Å²) >= 11 is 5.99. The van der Waals surface area contributed by atoms with Crippen LogP contribution in [0.15, 0.2) is 46.0 Å². The number of rotatable bonds is 5.